The van der Waals surface area contributed by atoms with E-state index in [1.807, 2.05) is 24.0 Å². The number of carbonyl (C=O) groups excluding carboxylic acids is 1. The van der Waals surface area contributed by atoms with Crippen LogP contribution in [-0.2, 0) is 6.42 Å². The van der Waals surface area contributed by atoms with E-state index in [4.69, 9.17) is 15.2 Å². The van der Waals surface area contributed by atoms with Crippen LogP contribution in [0.15, 0.2) is 12.1 Å². The lowest BCUT2D eigenvalue weighted by Gasteiger charge is -2.37. The van der Waals surface area contributed by atoms with Gasteiger partial charge in [0, 0.05) is 19.6 Å². The molecule has 1 aliphatic heterocycles. The number of nitrogens with one attached hydrogen (secondary N) is 1. The van der Waals surface area contributed by atoms with Crippen molar-refractivity contribution in [3.8, 4) is 11.5 Å². The number of amides is 2. The zero-order valence-electron chi connectivity index (χ0n) is 13.5. The van der Waals surface area contributed by atoms with Crippen molar-refractivity contribution in [2.24, 2.45) is 5.73 Å². The number of methoxy groups -OCH3 is 2. The standard InChI is InChI=1S/C16H25N3O3/c1-4-6-18-16(20)19-7-5-11-8-14(21-2)15(22-3)9-12(11)13(19)10-17/h8-9,13H,4-7,10,17H2,1-3H3,(H,18,20). The van der Waals surface area contributed by atoms with Crippen LogP contribution in [0.3, 0.4) is 0 Å². The Kier molecular flexibility index (Phi) is 5.49. The smallest absolute Gasteiger partial charge is 0.317 e. The number of benzene rings is 1. The van der Waals surface area contributed by atoms with Crippen LogP contribution in [0.1, 0.15) is 30.5 Å². The number of ether oxygens (including phenoxy) is 2. The molecule has 0 radical (unpaired) electrons. The number of nitrogens with two attached hydrogens (primary N) is 1. The second kappa shape index (κ2) is 7.35. The maximum absolute atomic E-state index is 12.3. The van der Waals surface area contributed by atoms with E-state index in [2.05, 4.69) is 5.32 Å². The number of hydrogen-bond donors (Lipinski definition) is 2. The molecule has 6 nitrogen and oxygen atoms in total. The van der Waals surface area contributed by atoms with Gasteiger partial charge in [0.2, 0.25) is 0 Å². The minimum Gasteiger partial charge on any atom is -0.493 e. The van der Waals surface area contributed by atoms with Crippen molar-refractivity contribution in [2.45, 2.75) is 25.8 Å². The molecule has 0 fully saturated rings. The molecule has 1 atom stereocenters. The normalized spacial score (nSPS) is 16.9. The fraction of sp³-hybridized carbons (Fsp3) is 0.562. The van der Waals surface area contributed by atoms with Gasteiger partial charge in [0.15, 0.2) is 11.5 Å². The van der Waals surface area contributed by atoms with Gasteiger partial charge in [-0.3, -0.25) is 0 Å². The molecule has 122 valence electrons. The summed E-state index contributed by atoms with van der Waals surface area (Å²) in [5.74, 6) is 1.37. The molecular formula is C16H25N3O3. The lowest BCUT2D eigenvalue weighted by molar-refractivity contribution is 0.171. The van der Waals surface area contributed by atoms with Gasteiger partial charge >= 0.3 is 6.03 Å². The highest BCUT2D eigenvalue weighted by Gasteiger charge is 2.31. The first kappa shape index (κ1) is 16.4. The van der Waals surface area contributed by atoms with Crippen molar-refractivity contribution >= 4 is 6.03 Å². The Morgan fingerprint density at radius 2 is 2.05 bits per heavy atom. The number of rotatable bonds is 5. The quantitative estimate of drug-likeness (QED) is 0.868. The maximum Gasteiger partial charge on any atom is 0.317 e. The van der Waals surface area contributed by atoms with E-state index in [9.17, 15) is 4.79 Å². The summed E-state index contributed by atoms with van der Waals surface area (Å²) in [6, 6.07) is 3.72. The molecule has 2 rings (SSSR count). The Hall–Kier alpha value is -1.95. The fourth-order valence-corrected chi connectivity index (χ4v) is 2.86. The third kappa shape index (κ3) is 3.11. The van der Waals surface area contributed by atoms with Crippen LogP contribution in [0.25, 0.3) is 0 Å². The number of hydrogen-bond acceptors (Lipinski definition) is 4. The predicted octanol–water partition coefficient (Wildman–Crippen LogP) is 1.68. The van der Waals surface area contributed by atoms with Gasteiger partial charge in [-0.05, 0) is 36.1 Å². The van der Waals surface area contributed by atoms with Gasteiger partial charge < -0.3 is 25.4 Å². The third-order valence-corrected chi connectivity index (χ3v) is 4.01. The average Bonchev–Trinajstić information content (AvgIpc) is 2.56. The molecular weight excluding hydrogens is 282 g/mol. The van der Waals surface area contributed by atoms with Crippen LogP contribution in [0.2, 0.25) is 0 Å². The summed E-state index contributed by atoms with van der Waals surface area (Å²) in [6.45, 7) is 3.73. The third-order valence-electron chi connectivity index (χ3n) is 4.01. The van der Waals surface area contributed by atoms with Crippen LogP contribution >= 0.6 is 0 Å². The Labute approximate surface area is 131 Å². The molecule has 1 aromatic carbocycles. The molecule has 0 saturated heterocycles. The van der Waals surface area contributed by atoms with Crippen molar-refractivity contribution in [1.29, 1.82) is 0 Å². The van der Waals surface area contributed by atoms with Crippen LogP contribution in [0.4, 0.5) is 4.79 Å². The second-order valence-corrected chi connectivity index (χ2v) is 5.33. The van der Waals surface area contributed by atoms with Gasteiger partial charge in [0.25, 0.3) is 0 Å². The summed E-state index contributed by atoms with van der Waals surface area (Å²) < 4.78 is 10.7. The molecule has 0 spiro atoms. The summed E-state index contributed by atoms with van der Waals surface area (Å²) >= 11 is 0. The molecule has 22 heavy (non-hydrogen) atoms. The lowest BCUT2D eigenvalue weighted by Crippen LogP contribution is -2.48. The molecule has 1 heterocycles. The fourth-order valence-electron chi connectivity index (χ4n) is 2.86. The number of fused-ring (bicyclic) bond motifs is 1. The minimum atomic E-state index is -0.139. The Bertz CT molecular complexity index is 534. The zero-order chi connectivity index (χ0) is 16.1. The highest BCUT2D eigenvalue weighted by atomic mass is 16.5. The van der Waals surface area contributed by atoms with Crippen molar-refractivity contribution in [3.05, 3.63) is 23.3 Å². The topological polar surface area (TPSA) is 76.8 Å². The Morgan fingerprint density at radius 3 is 2.64 bits per heavy atom. The predicted molar refractivity (Wildman–Crippen MR) is 85.4 cm³/mol. The van der Waals surface area contributed by atoms with Crippen LogP contribution in [0, 0.1) is 0 Å². The molecule has 3 N–H and O–H groups in total. The van der Waals surface area contributed by atoms with Crippen LogP contribution in [0.5, 0.6) is 11.5 Å². The highest BCUT2D eigenvalue weighted by molar-refractivity contribution is 5.75. The minimum absolute atomic E-state index is 0.0577. The molecule has 1 aromatic rings. The summed E-state index contributed by atoms with van der Waals surface area (Å²) in [4.78, 5) is 14.1. The molecule has 1 unspecified atom stereocenters. The first-order valence-electron chi connectivity index (χ1n) is 7.65. The van der Waals surface area contributed by atoms with Crippen molar-refractivity contribution < 1.29 is 14.3 Å². The van der Waals surface area contributed by atoms with Gasteiger partial charge in [-0.25, -0.2) is 4.79 Å². The molecule has 0 aromatic heterocycles. The van der Waals surface area contributed by atoms with Gasteiger partial charge in [-0.2, -0.15) is 0 Å². The van der Waals surface area contributed by atoms with E-state index >= 15 is 0 Å². The number of nitrogens with zero attached hydrogens (tertiary/aromatic N) is 1. The van der Waals surface area contributed by atoms with Crippen molar-refractivity contribution in [3.63, 3.8) is 0 Å². The van der Waals surface area contributed by atoms with Crippen molar-refractivity contribution in [2.75, 3.05) is 33.9 Å². The van der Waals surface area contributed by atoms with Crippen LogP contribution in [-0.4, -0.2) is 44.8 Å². The van der Waals surface area contributed by atoms with Gasteiger partial charge in [0.1, 0.15) is 0 Å². The molecule has 0 saturated carbocycles. The van der Waals surface area contributed by atoms with E-state index in [0.29, 0.717) is 31.1 Å². The number of urea groups is 1. The SMILES string of the molecule is CCCNC(=O)N1CCc2cc(OC)c(OC)cc2C1CN. The molecule has 0 bridgehead atoms. The largest absolute Gasteiger partial charge is 0.493 e. The zero-order valence-corrected chi connectivity index (χ0v) is 13.5. The summed E-state index contributed by atoms with van der Waals surface area (Å²) in [5, 5.41) is 2.92. The van der Waals surface area contributed by atoms with E-state index in [1.54, 1.807) is 14.2 Å². The van der Waals surface area contributed by atoms with Gasteiger partial charge in [-0.1, -0.05) is 6.92 Å². The summed E-state index contributed by atoms with van der Waals surface area (Å²) in [7, 11) is 3.23. The molecule has 0 aliphatic carbocycles. The Balaban J connectivity index is 2.32. The molecule has 2 amide bonds. The lowest BCUT2D eigenvalue weighted by atomic mass is 9.92. The molecule has 6 heteroatoms. The van der Waals surface area contributed by atoms with E-state index in [0.717, 1.165) is 24.0 Å². The van der Waals surface area contributed by atoms with Gasteiger partial charge in [0.05, 0.1) is 20.3 Å². The monoisotopic (exact) mass is 307 g/mol. The molecule has 1 aliphatic rings. The van der Waals surface area contributed by atoms with E-state index < -0.39 is 0 Å². The average molecular weight is 307 g/mol. The first-order chi connectivity index (χ1) is 10.7. The summed E-state index contributed by atoms with van der Waals surface area (Å²) in [6.07, 6.45) is 1.69. The first-order valence-corrected chi connectivity index (χ1v) is 7.65. The van der Waals surface area contributed by atoms with Crippen molar-refractivity contribution in [1.82, 2.24) is 10.2 Å². The second-order valence-electron chi connectivity index (χ2n) is 5.33. The maximum atomic E-state index is 12.3. The van der Waals surface area contributed by atoms with E-state index in [-0.39, 0.29) is 12.1 Å². The summed E-state index contributed by atoms with van der Waals surface area (Å²) in [5.41, 5.74) is 8.14. The van der Waals surface area contributed by atoms with Crippen LogP contribution < -0.4 is 20.5 Å². The van der Waals surface area contributed by atoms with Gasteiger partial charge in [-0.15, -0.1) is 0 Å². The number of carbonyl (C=O) groups is 1. The Morgan fingerprint density at radius 1 is 1.36 bits per heavy atom. The van der Waals surface area contributed by atoms with E-state index in [1.165, 1.54) is 0 Å². The highest BCUT2D eigenvalue weighted by Crippen LogP contribution is 2.37.